The van der Waals surface area contributed by atoms with Crippen LogP contribution in [0.3, 0.4) is 0 Å². The summed E-state index contributed by atoms with van der Waals surface area (Å²) in [6, 6.07) is 9.47. The van der Waals surface area contributed by atoms with Gasteiger partial charge in [0.2, 0.25) is 5.56 Å². The van der Waals surface area contributed by atoms with Crippen molar-refractivity contribution in [1.29, 1.82) is 0 Å². The second-order valence-electron chi connectivity index (χ2n) is 6.97. The summed E-state index contributed by atoms with van der Waals surface area (Å²) in [5.74, 6) is 0.00628. The van der Waals surface area contributed by atoms with Gasteiger partial charge in [0.15, 0.2) is 0 Å². The maximum Gasteiger partial charge on any atom is 0.255 e. The zero-order chi connectivity index (χ0) is 18.5. The van der Waals surface area contributed by atoms with Crippen molar-refractivity contribution in [3.8, 4) is 0 Å². The maximum absolute atomic E-state index is 12.8. The van der Waals surface area contributed by atoms with E-state index in [0.717, 1.165) is 44.6 Å². The van der Waals surface area contributed by atoms with Crippen molar-refractivity contribution >= 4 is 5.91 Å². The number of nitrogens with zero attached hydrogens (tertiary/aromatic N) is 3. The van der Waals surface area contributed by atoms with E-state index in [9.17, 15) is 9.59 Å². The van der Waals surface area contributed by atoms with E-state index in [-0.39, 0.29) is 11.5 Å². The highest BCUT2D eigenvalue weighted by Gasteiger charge is 2.24. The Morgan fingerprint density at radius 3 is 2.85 bits per heavy atom. The molecule has 0 bridgehead atoms. The highest BCUT2D eigenvalue weighted by atomic mass is 16.2. The normalized spacial score (nSPS) is 18.0. The van der Waals surface area contributed by atoms with Gasteiger partial charge in [-0.05, 0) is 51.4 Å². The van der Waals surface area contributed by atoms with Crippen molar-refractivity contribution < 1.29 is 4.79 Å². The fourth-order valence-electron chi connectivity index (χ4n) is 3.58. The lowest BCUT2D eigenvalue weighted by atomic mass is 10.1. The number of aromatic nitrogens is 2. The molecule has 6 nitrogen and oxygen atoms in total. The molecule has 1 fully saturated rings. The number of aryl methyl sites for hydroxylation is 1. The lowest BCUT2D eigenvalue weighted by Crippen LogP contribution is -2.35. The van der Waals surface area contributed by atoms with E-state index in [1.165, 1.54) is 6.07 Å². The van der Waals surface area contributed by atoms with E-state index in [4.69, 9.17) is 0 Å². The Labute approximate surface area is 153 Å². The molecule has 2 aromatic rings. The molecule has 0 aromatic carbocycles. The average molecular weight is 354 g/mol. The van der Waals surface area contributed by atoms with Crippen LogP contribution in [0.2, 0.25) is 0 Å². The first-order chi connectivity index (χ1) is 12.5. The van der Waals surface area contributed by atoms with Crippen LogP contribution < -0.4 is 5.56 Å². The van der Waals surface area contributed by atoms with Crippen molar-refractivity contribution in [3.63, 3.8) is 0 Å². The zero-order valence-corrected chi connectivity index (χ0v) is 15.4. The molecule has 0 aliphatic carbocycles. The molecule has 1 aliphatic rings. The summed E-state index contributed by atoms with van der Waals surface area (Å²) in [5, 5.41) is 0. The second-order valence-corrected chi connectivity index (χ2v) is 6.97. The molecule has 1 aliphatic heterocycles. The van der Waals surface area contributed by atoms with Gasteiger partial charge in [0.25, 0.3) is 5.91 Å². The molecular weight excluding hydrogens is 328 g/mol. The number of nitrogens with one attached hydrogen (secondary N) is 1. The first-order valence-electron chi connectivity index (χ1n) is 9.14. The molecule has 1 amide bonds. The Balaban J connectivity index is 1.62. The molecule has 1 saturated heterocycles. The second kappa shape index (κ2) is 8.27. The monoisotopic (exact) mass is 354 g/mol. The van der Waals surface area contributed by atoms with Gasteiger partial charge in [-0.25, -0.2) is 0 Å². The third-order valence-corrected chi connectivity index (χ3v) is 5.09. The topological polar surface area (TPSA) is 69.3 Å². The lowest BCUT2D eigenvalue weighted by Gasteiger charge is -2.27. The van der Waals surface area contributed by atoms with Gasteiger partial charge in [-0.3, -0.25) is 19.5 Å². The van der Waals surface area contributed by atoms with Gasteiger partial charge in [-0.15, -0.1) is 0 Å². The largest absolute Gasteiger partial charge is 0.339 e. The number of aromatic amines is 1. The van der Waals surface area contributed by atoms with Crippen LogP contribution in [0, 0.1) is 6.92 Å². The van der Waals surface area contributed by atoms with E-state index < -0.39 is 0 Å². The van der Waals surface area contributed by atoms with Gasteiger partial charge in [0.05, 0.1) is 11.3 Å². The van der Waals surface area contributed by atoms with Crippen molar-refractivity contribution in [2.45, 2.75) is 38.8 Å². The molecule has 6 heteroatoms. The molecule has 138 valence electrons. The molecule has 0 spiro atoms. The summed E-state index contributed by atoms with van der Waals surface area (Å²) in [5.41, 5.74) is 2.11. The molecular formula is C20H26N4O2. The Bertz CT molecular complexity index is 803. The van der Waals surface area contributed by atoms with Gasteiger partial charge < -0.3 is 9.88 Å². The molecule has 1 N–H and O–H groups in total. The predicted molar refractivity (Wildman–Crippen MR) is 101 cm³/mol. The number of likely N-dealkylation sites (tertiary alicyclic amines) is 1. The summed E-state index contributed by atoms with van der Waals surface area (Å²) >= 11 is 0. The van der Waals surface area contributed by atoms with Crippen LogP contribution in [0.25, 0.3) is 0 Å². The van der Waals surface area contributed by atoms with Crippen LogP contribution >= 0.6 is 0 Å². The molecule has 26 heavy (non-hydrogen) atoms. The molecule has 1 atom stereocenters. The summed E-state index contributed by atoms with van der Waals surface area (Å²) in [4.78, 5) is 35.6. The predicted octanol–water partition coefficient (Wildman–Crippen LogP) is 2.21. The molecule has 3 heterocycles. The van der Waals surface area contributed by atoms with Crippen molar-refractivity contribution in [1.82, 2.24) is 19.8 Å². The summed E-state index contributed by atoms with van der Waals surface area (Å²) < 4.78 is 0. The summed E-state index contributed by atoms with van der Waals surface area (Å²) in [7, 11) is 2.13. The van der Waals surface area contributed by atoms with Gasteiger partial charge in [0, 0.05) is 43.6 Å². The van der Waals surface area contributed by atoms with Crippen LogP contribution in [-0.2, 0) is 6.54 Å². The number of hydrogen-bond donors (Lipinski definition) is 1. The van der Waals surface area contributed by atoms with Gasteiger partial charge in [0.1, 0.15) is 0 Å². The maximum atomic E-state index is 12.8. The highest BCUT2D eigenvalue weighted by molar-refractivity contribution is 5.95. The Kier molecular flexibility index (Phi) is 5.83. The van der Waals surface area contributed by atoms with Gasteiger partial charge in [-0.1, -0.05) is 6.07 Å². The minimum absolute atomic E-state index is 0.00628. The number of pyridine rings is 2. The average Bonchev–Trinajstić information content (AvgIpc) is 2.88. The summed E-state index contributed by atoms with van der Waals surface area (Å²) in [6.45, 7) is 4.08. The molecule has 0 saturated carbocycles. The van der Waals surface area contributed by atoms with E-state index in [1.54, 1.807) is 13.0 Å². The van der Waals surface area contributed by atoms with Crippen molar-refractivity contribution in [2.75, 3.05) is 20.1 Å². The molecule has 0 radical (unpaired) electrons. The lowest BCUT2D eigenvalue weighted by molar-refractivity contribution is 0.0756. The Hall–Kier alpha value is -2.47. The fourth-order valence-corrected chi connectivity index (χ4v) is 3.58. The minimum atomic E-state index is -0.175. The molecule has 2 aromatic heterocycles. The van der Waals surface area contributed by atoms with Gasteiger partial charge in [-0.2, -0.15) is 0 Å². The zero-order valence-electron chi connectivity index (χ0n) is 15.4. The summed E-state index contributed by atoms with van der Waals surface area (Å²) in [6.07, 6.45) is 4.81. The van der Waals surface area contributed by atoms with E-state index >= 15 is 0 Å². The minimum Gasteiger partial charge on any atom is -0.339 e. The van der Waals surface area contributed by atoms with E-state index in [0.29, 0.717) is 17.3 Å². The third-order valence-electron chi connectivity index (χ3n) is 5.09. The first kappa shape index (κ1) is 18.3. The highest BCUT2D eigenvalue weighted by Crippen LogP contribution is 2.19. The van der Waals surface area contributed by atoms with Crippen molar-refractivity contribution in [2.24, 2.45) is 0 Å². The molecule has 1 unspecified atom stereocenters. The first-order valence-corrected chi connectivity index (χ1v) is 9.14. The van der Waals surface area contributed by atoms with E-state index in [2.05, 4.69) is 21.9 Å². The number of H-pyrrole nitrogens is 1. The number of carbonyl (C=O) groups excluding carboxylic acids is 1. The number of rotatable bonds is 4. The standard InChI is InChI=1S/C20H26N4O2/c1-15-18(8-9-19(25)22-15)20(26)24-12-5-7-17(10-13-24)23(2)14-16-6-3-4-11-21-16/h3-4,6,8-9,11,17H,5,7,10,12-14H2,1-2H3,(H,22,25). The number of amides is 1. The quantitative estimate of drug-likeness (QED) is 0.914. The van der Waals surface area contributed by atoms with Crippen molar-refractivity contribution in [3.05, 3.63) is 63.8 Å². The van der Waals surface area contributed by atoms with Crippen LogP contribution in [0.5, 0.6) is 0 Å². The van der Waals surface area contributed by atoms with E-state index in [1.807, 2.05) is 29.3 Å². The number of hydrogen-bond acceptors (Lipinski definition) is 4. The third kappa shape index (κ3) is 4.38. The van der Waals surface area contributed by atoms with Crippen LogP contribution in [0.1, 0.15) is 41.0 Å². The van der Waals surface area contributed by atoms with Crippen LogP contribution in [-0.4, -0.2) is 51.9 Å². The molecule has 3 rings (SSSR count). The SMILES string of the molecule is Cc1[nH]c(=O)ccc1C(=O)N1CCCC(N(C)Cc2ccccn2)CC1. The smallest absolute Gasteiger partial charge is 0.255 e. The van der Waals surface area contributed by atoms with Crippen LogP contribution in [0.4, 0.5) is 0 Å². The Morgan fingerprint density at radius 1 is 1.27 bits per heavy atom. The Morgan fingerprint density at radius 2 is 2.12 bits per heavy atom. The van der Waals surface area contributed by atoms with Gasteiger partial charge >= 0.3 is 0 Å². The fraction of sp³-hybridized carbons (Fsp3) is 0.450. The van der Waals surface area contributed by atoms with Crippen LogP contribution in [0.15, 0.2) is 41.3 Å². The number of carbonyl (C=O) groups is 1.